The molecule has 0 saturated heterocycles. The molecule has 0 aromatic heterocycles. The van der Waals surface area contributed by atoms with E-state index in [4.69, 9.17) is 15.4 Å². The van der Waals surface area contributed by atoms with Crippen LogP contribution in [-0.4, -0.2) is 13.3 Å². The highest BCUT2D eigenvalue weighted by Crippen LogP contribution is 2.31. The SMILES string of the molecule is O=[N+]([O-])c1ccc(S(=O)(=O)Cl)cc1OCc1ccccc1. The molecular weight excluding hydrogens is 318 g/mol. The average molecular weight is 328 g/mol. The van der Waals surface area contributed by atoms with Crippen molar-refractivity contribution in [1.29, 1.82) is 0 Å². The molecule has 0 aliphatic heterocycles. The van der Waals surface area contributed by atoms with Crippen molar-refractivity contribution in [2.75, 3.05) is 0 Å². The second-order valence-corrected chi connectivity index (χ2v) is 6.66. The molecular formula is C13H10ClNO5S. The summed E-state index contributed by atoms with van der Waals surface area (Å²) in [5, 5.41) is 10.9. The van der Waals surface area contributed by atoms with Crippen molar-refractivity contribution in [3.8, 4) is 5.75 Å². The summed E-state index contributed by atoms with van der Waals surface area (Å²) in [7, 11) is 1.25. The second kappa shape index (κ2) is 6.11. The highest BCUT2D eigenvalue weighted by atomic mass is 35.7. The number of hydrogen-bond acceptors (Lipinski definition) is 5. The molecule has 2 aromatic carbocycles. The topological polar surface area (TPSA) is 86.5 Å². The van der Waals surface area contributed by atoms with Crippen LogP contribution in [0.4, 0.5) is 5.69 Å². The number of halogens is 1. The zero-order valence-electron chi connectivity index (χ0n) is 10.6. The Bertz CT molecular complexity index is 761. The fourth-order valence-corrected chi connectivity index (χ4v) is 2.41. The van der Waals surface area contributed by atoms with Gasteiger partial charge in [-0.1, -0.05) is 30.3 Å². The predicted molar refractivity (Wildman–Crippen MR) is 76.9 cm³/mol. The molecule has 0 bridgehead atoms. The minimum atomic E-state index is -3.98. The highest BCUT2D eigenvalue weighted by Gasteiger charge is 2.20. The maximum absolute atomic E-state index is 11.3. The normalized spacial score (nSPS) is 11.1. The lowest BCUT2D eigenvalue weighted by Gasteiger charge is -2.08. The Balaban J connectivity index is 2.33. The molecule has 6 nitrogen and oxygen atoms in total. The van der Waals surface area contributed by atoms with Gasteiger partial charge in [0.2, 0.25) is 0 Å². The number of benzene rings is 2. The highest BCUT2D eigenvalue weighted by molar-refractivity contribution is 8.13. The maximum Gasteiger partial charge on any atom is 0.311 e. The standard InChI is InChI=1S/C13H10ClNO5S/c14-21(18,19)11-6-7-12(15(16)17)13(8-11)20-9-10-4-2-1-3-5-10/h1-8H,9H2. The first-order valence-corrected chi connectivity index (χ1v) is 8.08. The molecule has 0 saturated carbocycles. The zero-order chi connectivity index (χ0) is 15.5. The van der Waals surface area contributed by atoms with E-state index < -0.39 is 14.0 Å². The van der Waals surface area contributed by atoms with Crippen molar-refractivity contribution < 1.29 is 18.1 Å². The molecule has 0 aliphatic carbocycles. The molecule has 8 heteroatoms. The lowest BCUT2D eigenvalue weighted by Crippen LogP contribution is -2.01. The van der Waals surface area contributed by atoms with Crippen LogP contribution in [0.15, 0.2) is 53.4 Å². The van der Waals surface area contributed by atoms with Crippen molar-refractivity contribution in [3.05, 3.63) is 64.2 Å². The van der Waals surface area contributed by atoms with Crippen LogP contribution in [0, 0.1) is 10.1 Å². The third-order valence-electron chi connectivity index (χ3n) is 2.65. The van der Waals surface area contributed by atoms with Gasteiger partial charge in [0.25, 0.3) is 9.05 Å². The minimum absolute atomic E-state index is 0.0769. The smallest absolute Gasteiger partial charge is 0.311 e. The first-order valence-electron chi connectivity index (χ1n) is 5.78. The Hall–Kier alpha value is -2.12. The van der Waals surface area contributed by atoms with Crippen LogP contribution in [0.3, 0.4) is 0 Å². The van der Waals surface area contributed by atoms with Crippen molar-refractivity contribution in [2.24, 2.45) is 0 Å². The Morgan fingerprint density at radius 2 is 1.81 bits per heavy atom. The molecule has 0 spiro atoms. The van der Waals surface area contributed by atoms with E-state index in [9.17, 15) is 18.5 Å². The van der Waals surface area contributed by atoms with Gasteiger partial charge in [-0.2, -0.15) is 0 Å². The number of nitro benzene ring substituents is 1. The van der Waals surface area contributed by atoms with Crippen LogP contribution in [0.25, 0.3) is 0 Å². The molecule has 110 valence electrons. The molecule has 0 radical (unpaired) electrons. The van der Waals surface area contributed by atoms with Gasteiger partial charge >= 0.3 is 5.69 Å². The summed E-state index contributed by atoms with van der Waals surface area (Å²) in [5.41, 5.74) is 0.473. The lowest BCUT2D eigenvalue weighted by molar-refractivity contribution is -0.386. The van der Waals surface area contributed by atoms with E-state index in [0.29, 0.717) is 0 Å². The number of hydrogen-bond donors (Lipinski definition) is 0. The zero-order valence-corrected chi connectivity index (χ0v) is 12.2. The molecule has 2 rings (SSSR count). The Labute approximate surface area is 125 Å². The molecule has 0 atom stereocenters. The Morgan fingerprint density at radius 3 is 2.38 bits per heavy atom. The Morgan fingerprint density at radius 1 is 1.14 bits per heavy atom. The van der Waals surface area contributed by atoms with E-state index in [2.05, 4.69) is 0 Å². The Kier molecular flexibility index (Phi) is 4.44. The van der Waals surface area contributed by atoms with Crippen LogP contribution < -0.4 is 4.74 Å². The summed E-state index contributed by atoms with van der Waals surface area (Å²) < 4.78 is 27.9. The van der Waals surface area contributed by atoms with E-state index >= 15 is 0 Å². The van der Waals surface area contributed by atoms with Crippen LogP contribution in [0.2, 0.25) is 0 Å². The van der Waals surface area contributed by atoms with Crippen LogP contribution in [0.1, 0.15) is 5.56 Å². The van der Waals surface area contributed by atoms with Crippen LogP contribution in [-0.2, 0) is 15.7 Å². The molecule has 21 heavy (non-hydrogen) atoms. The summed E-state index contributed by atoms with van der Waals surface area (Å²) >= 11 is 0. The van der Waals surface area contributed by atoms with Gasteiger partial charge in [0.1, 0.15) is 6.61 Å². The molecule has 0 aliphatic rings. The van der Waals surface area contributed by atoms with Crippen molar-refractivity contribution in [1.82, 2.24) is 0 Å². The lowest BCUT2D eigenvalue weighted by atomic mass is 10.2. The van der Waals surface area contributed by atoms with Crippen molar-refractivity contribution >= 4 is 25.4 Å². The van der Waals surface area contributed by atoms with Gasteiger partial charge in [0.15, 0.2) is 5.75 Å². The summed E-state index contributed by atoms with van der Waals surface area (Å²) in [6, 6.07) is 12.2. The van der Waals surface area contributed by atoms with E-state index in [0.717, 1.165) is 23.8 Å². The van der Waals surface area contributed by atoms with Gasteiger partial charge in [-0.25, -0.2) is 8.42 Å². The number of ether oxygens (including phenoxy) is 1. The van der Waals surface area contributed by atoms with E-state index in [-0.39, 0.29) is 22.9 Å². The van der Waals surface area contributed by atoms with Crippen LogP contribution in [0.5, 0.6) is 5.75 Å². The maximum atomic E-state index is 11.3. The van der Waals surface area contributed by atoms with E-state index in [1.807, 2.05) is 6.07 Å². The number of nitrogens with zero attached hydrogens (tertiary/aromatic N) is 1. The molecule has 0 heterocycles. The van der Waals surface area contributed by atoms with Gasteiger partial charge < -0.3 is 4.74 Å². The molecule has 0 unspecified atom stereocenters. The summed E-state index contributed by atoms with van der Waals surface area (Å²) in [6.07, 6.45) is 0. The van der Waals surface area contributed by atoms with Gasteiger partial charge in [-0.15, -0.1) is 0 Å². The quantitative estimate of drug-likeness (QED) is 0.478. The number of rotatable bonds is 5. The molecule has 2 aromatic rings. The fourth-order valence-electron chi connectivity index (χ4n) is 1.65. The first kappa shape index (κ1) is 15.3. The molecule has 0 amide bonds. The van der Waals surface area contributed by atoms with Gasteiger partial charge in [-0.3, -0.25) is 10.1 Å². The van der Waals surface area contributed by atoms with Crippen LogP contribution >= 0.6 is 10.7 Å². The van der Waals surface area contributed by atoms with Crippen molar-refractivity contribution in [2.45, 2.75) is 11.5 Å². The second-order valence-electron chi connectivity index (χ2n) is 4.10. The summed E-state index contributed by atoms with van der Waals surface area (Å²) in [4.78, 5) is 10.0. The molecule has 0 N–H and O–H groups in total. The van der Waals surface area contributed by atoms with E-state index in [1.54, 1.807) is 24.3 Å². The largest absolute Gasteiger partial charge is 0.482 e. The van der Waals surface area contributed by atoms with Gasteiger partial charge in [0.05, 0.1) is 9.82 Å². The minimum Gasteiger partial charge on any atom is -0.482 e. The van der Waals surface area contributed by atoms with Crippen molar-refractivity contribution in [3.63, 3.8) is 0 Å². The predicted octanol–water partition coefficient (Wildman–Crippen LogP) is 3.10. The third-order valence-corrected chi connectivity index (χ3v) is 4.00. The van der Waals surface area contributed by atoms with Gasteiger partial charge in [0, 0.05) is 22.8 Å². The van der Waals surface area contributed by atoms with Gasteiger partial charge in [-0.05, 0) is 11.6 Å². The monoisotopic (exact) mass is 327 g/mol. The number of nitro groups is 1. The summed E-state index contributed by atoms with van der Waals surface area (Å²) in [6.45, 7) is 0.0769. The average Bonchev–Trinajstić information content (AvgIpc) is 2.45. The third kappa shape index (κ3) is 3.93. The fraction of sp³-hybridized carbons (Fsp3) is 0.0769. The van der Waals surface area contributed by atoms with E-state index in [1.165, 1.54) is 0 Å². The molecule has 0 fully saturated rings. The first-order chi connectivity index (χ1) is 9.88. The summed E-state index contributed by atoms with van der Waals surface area (Å²) in [5.74, 6) is -0.148.